The second-order valence-corrected chi connectivity index (χ2v) is 7.06. The highest BCUT2D eigenvalue weighted by Crippen LogP contribution is 2.72. The summed E-state index contributed by atoms with van der Waals surface area (Å²) in [6, 6.07) is 0. The van der Waals surface area contributed by atoms with E-state index in [-0.39, 0.29) is 11.9 Å². The van der Waals surface area contributed by atoms with Crippen LogP contribution in [0.1, 0.15) is 33.1 Å². The Morgan fingerprint density at radius 2 is 2.10 bits per heavy atom. The van der Waals surface area contributed by atoms with E-state index in [9.17, 15) is 14.7 Å². The molecule has 6 atom stereocenters. The predicted molar refractivity (Wildman–Crippen MR) is 66.7 cm³/mol. The number of hydrogen-bond acceptors (Lipinski definition) is 6. The number of carbonyl (C=O) groups is 2. The maximum absolute atomic E-state index is 12.3. The maximum atomic E-state index is 12.3. The molecule has 5 aliphatic rings. The van der Waals surface area contributed by atoms with Gasteiger partial charge in [0, 0.05) is 5.57 Å². The van der Waals surface area contributed by atoms with E-state index in [0.29, 0.717) is 24.0 Å². The van der Waals surface area contributed by atoms with Gasteiger partial charge in [0.05, 0.1) is 16.9 Å². The van der Waals surface area contributed by atoms with Crippen LogP contribution in [0.3, 0.4) is 0 Å². The molecule has 3 heterocycles. The monoisotopic (exact) mass is 292 g/mol. The lowest BCUT2D eigenvalue weighted by Gasteiger charge is -2.52. The zero-order valence-electron chi connectivity index (χ0n) is 11.8. The van der Waals surface area contributed by atoms with Gasteiger partial charge in [-0.25, -0.2) is 4.79 Å². The molecule has 0 amide bonds. The number of rotatable bonds is 0. The molecule has 0 aromatic rings. The Kier molecular flexibility index (Phi) is 1.76. The van der Waals surface area contributed by atoms with Crippen molar-refractivity contribution in [3.8, 4) is 0 Å². The molecule has 2 saturated carbocycles. The lowest BCUT2D eigenvalue weighted by atomic mass is 9.51. The van der Waals surface area contributed by atoms with Gasteiger partial charge in [-0.2, -0.15) is 0 Å². The first-order valence-electron chi connectivity index (χ1n) is 7.41. The minimum absolute atomic E-state index is 0.281. The Hall–Kier alpha value is -1.40. The SMILES string of the molecule is CC1=C2[C@@H]3OC(=O)[C@H]4CCC[C@](O)([C@H]5O[C@@]25OC1=O)[C@@]43C. The number of epoxide rings is 1. The summed E-state index contributed by atoms with van der Waals surface area (Å²) in [4.78, 5) is 24.2. The van der Waals surface area contributed by atoms with Gasteiger partial charge in [-0.1, -0.05) is 6.92 Å². The highest BCUT2D eigenvalue weighted by Gasteiger charge is 2.87. The second kappa shape index (κ2) is 3.03. The third kappa shape index (κ3) is 0.972. The van der Waals surface area contributed by atoms with Crippen LogP contribution in [-0.4, -0.2) is 40.6 Å². The second-order valence-electron chi connectivity index (χ2n) is 7.06. The molecule has 112 valence electrons. The number of fused-ring (bicyclic) bond motifs is 2. The molecule has 0 unspecified atom stereocenters. The summed E-state index contributed by atoms with van der Waals surface area (Å²) in [7, 11) is 0. The Morgan fingerprint density at radius 3 is 2.86 bits per heavy atom. The lowest BCUT2D eigenvalue weighted by molar-refractivity contribution is -0.169. The van der Waals surface area contributed by atoms with E-state index >= 15 is 0 Å². The molecular weight excluding hydrogens is 276 g/mol. The molecule has 4 fully saturated rings. The molecule has 5 rings (SSSR count). The number of hydrogen-bond donors (Lipinski definition) is 1. The summed E-state index contributed by atoms with van der Waals surface area (Å²) in [6.45, 7) is 3.56. The van der Waals surface area contributed by atoms with E-state index in [1.807, 2.05) is 6.92 Å². The van der Waals surface area contributed by atoms with Crippen molar-refractivity contribution >= 4 is 11.9 Å². The lowest BCUT2D eigenvalue weighted by Crippen LogP contribution is -2.65. The Balaban J connectivity index is 1.79. The van der Waals surface area contributed by atoms with Crippen LogP contribution in [0.25, 0.3) is 0 Å². The van der Waals surface area contributed by atoms with Gasteiger partial charge < -0.3 is 19.3 Å². The summed E-state index contributed by atoms with van der Waals surface area (Å²) >= 11 is 0. The van der Waals surface area contributed by atoms with Crippen molar-refractivity contribution in [2.24, 2.45) is 11.3 Å². The molecule has 2 aliphatic carbocycles. The highest BCUT2D eigenvalue weighted by molar-refractivity contribution is 5.94. The van der Waals surface area contributed by atoms with Gasteiger partial charge in [0.25, 0.3) is 5.79 Å². The predicted octanol–water partition coefficient (Wildman–Crippen LogP) is 0.431. The fraction of sp³-hybridized carbons (Fsp3) is 0.733. The zero-order chi connectivity index (χ0) is 14.8. The van der Waals surface area contributed by atoms with Crippen molar-refractivity contribution in [1.29, 1.82) is 0 Å². The first-order chi connectivity index (χ1) is 9.86. The van der Waals surface area contributed by atoms with Crippen molar-refractivity contribution in [3.63, 3.8) is 0 Å². The van der Waals surface area contributed by atoms with E-state index in [2.05, 4.69) is 0 Å². The van der Waals surface area contributed by atoms with Crippen molar-refractivity contribution in [2.45, 2.75) is 56.7 Å². The van der Waals surface area contributed by atoms with Crippen LogP contribution in [0, 0.1) is 11.3 Å². The average molecular weight is 292 g/mol. The van der Waals surface area contributed by atoms with Crippen molar-refractivity contribution in [2.75, 3.05) is 0 Å². The van der Waals surface area contributed by atoms with Crippen molar-refractivity contribution in [3.05, 3.63) is 11.1 Å². The maximum Gasteiger partial charge on any atom is 0.336 e. The molecule has 0 aromatic carbocycles. The summed E-state index contributed by atoms with van der Waals surface area (Å²) in [5.41, 5.74) is -0.883. The molecule has 6 nitrogen and oxygen atoms in total. The van der Waals surface area contributed by atoms with Crippen LogP contribution < -0.4 is 0 Å². The molecule has 2 saturated heterocycles. The van der Waals surface area contributed by atoms with Crippen molar-refractivity contribution < 1.29 is 28.9 Å². The fourth-order valence-corrected chi connectivity index (χ4v) is 5.17. The van der Waals surface area contributed by atoms with E-state index in [1.165, 1.54) is 0 Å². The Morgan fingerprint density at radius 1 is 1.33 bits per heavy atom. The summed E-state index contributed by atoms with van der Waals surface area (Å²) in [5.74, 6) is -2.26. The van der Waals surface area contributed by atoms with Crippen LogP contribution in [0.15, 0.2) is 11.1 Å². The van der Waals surface area contributed by atoms with E-state index < -0.39 is 35.0 Å². The number of aliphatic hydroxyl groups is 1. The first kappa shape index (κ1) is 12.2. The first-order valence-corrected chi connectivity index (χ1v) is 7.41. The summed E-state index contributed by atoms with van der Waals surface area (Å²) in [5, 5.41) is 11.3. The molecule has 3 aliphatic heterocycles. The van der Waals surface area contributed by atoms with Gasteiger partial charge in [0.2, 0.25) is 0 Å². The Bertz CT molecular complexity index is 653. The molecule has 1 N–H and O–H groups in total. The van der Waals surface area contributed by atoms with Crippen LogP contribution >= 0.6 is 0 Å². The average Bonchev–Trinajstić information content (AvgIpc) is 3.01. The third-order valence-electron chi connectivity index (χ3n) is 6.38. The smallest absolute Gasteiger partial charge is 0.336 e. The number of ether oxygens (including phenoxy) is 3. The van der Waals surface area contributed by atoms with Gasteiger partial charge >= 0.3 is 11.9 Å². The molecular formula is C15H16O6. The van der Waals surface area contributed by atoms with E-state index in [1.54, 1.807) is 6.92 Å². The van der Waals surface area contributed by atoms with Crippen LogP contribution in [0.2, 0.25) is 0 Å². The van der Waals surface area contributed by atoms with Gasteiger partial charge in [-0.3, -0.25) is 4.79 Å². The fourth-order valence-electron chi connectivity index (χ4n) is 5.17. The molecule has 21 heavy (non-hydrogen) atoms. The van der Waals surface area contributed by atoms with Crippen molar-refractivity contribution in [1.82, 2.24) is 0 Å². The Labute approximate surface area is 121 Å². The molecule has 0 bridgehead atoms. The third-order valence-corrected chi connectivity index (χ3v) is 6.38. The summed E-state index contributed by atoms with van der Waals surface area (Å²) < 4.78 is 16.7. The van der Waals surface area contributed by atoms with Gasteiger partial charge in [-0.05, 0) is 26.2 Å². The molecule has 1 spiro atoms. The van der Waals surface area contributed by atoms with Gasteiger partial charge in [-0.15, -0.1) is 0 Å². The van der Waals surface area contributed by atoms with Crippen LogP contribution in [0.5, 0.6) is 0 Å². The zero-order valence-corrected chi connectivity index (χ0v) is 11.8. The van der Waals surface area contributed by atoms with Crippen LogP contribution in [-0.2, 0) is 23.8 Å². The van der Waals surface area contributed by atoms with Gasteiger partial charge in [0.1, 0.15) is 11.7 Å². The standard InChI is InChI=1S/C15H16O6/c1-6-8-9-13(2)7(11(17)19-9)4-3-5-14(13,18)12-15(8,21-12)20-10(6)16/h7,9,12,18H,3-5H2,1-2H3/t7-,9+,12-,13+,14+,15+/m1/s1. The van der Waals surface area contributed by atoms with Gasteiger partial charge in [0.15, 0.2) is 6.10 Å². The van der Waals surface area contributed by atoms with E-state index in [4.69, 9.17) is 14.2 Å². The number of carbonyl (C=O) groups excluding carboxylic acids is 2. The van der Waals surface area contributed by atoms with Crippen LogP contribution in [0.4, 0.5) is 0 Å². The largest absolute Gasteiger partial charge is 0.457 e. The normalized spacial score (nSPS) is 56.4. The highest BCUT2D eigenvalue weighted by atomic mass is 16.8. The molecule has 0 aromatic heterocycles. The minimum Gasteiger partial charge on any atom is -0.457 e. The molecule has 6 heteroatoms. The molecule has 0 radical (unpaired) electrons. The quantitative estimate of drug-likeness (QED) is 0.515. The topological polar surface area (TPSA) is 85.4 Å². The van der Waals surface area contributed by atoms with E-state index in [0.717, 1.165) is 6.42 Å². The number of esters is 2. The summed E-state index contributed by atoms with van der Waals surface area (Å²) in [6.07, 6.45) is 0.754. The minimum atomic E-state index is -1.19.